The van der Waals surface area contributed by atoms with Gasteiger partial charge in [-0.3, -0.25) is 0 Å². The van der Waals surface area contributed by atoms with E-state index in [1.165, 1.54) is 7.11 Å². The molecule has 0 spiro atoms. The Labute approximate surface area is 96.6 Å². The Bertz CT molecular complexity index is 286. The van der Waals surface area contributed by atoms with Crippen LogP contribution in [-0.4, -0.2) is 45.9 Å². The summed E-state index contributed by atoms with van der Waals surface area (Å²) in [6.07, 6.45) is 2.41. The van der Waals surface area contributed by atoms with Crippen molar-refractivity contribution in [3.63, 3.8) is 0 Å². The molecular weight excluding hydrogens is 232 g/mol. The Balaban J connectivity index is 2.29. The normalized spacial score (nSPS) is 26.9. The van der Waals surface area contributed by atoms with Crippen LogP contribution in [0.3, 0.4) is 0 Å². The van der Waals surface area contributed by atoms with E-state index in [1.54, 1.807) is 0 Å². The smallest absolute Gasteiger partial charge is 0.277 e. The first-order valence-corrected chi connectivity index (χ1v) is 6.96. The summed E-state index contributed by atoms with van der Waals surface area (Å²) in [5.74, 6) is 0. The Morgan fingerprint density at radius 2 is 1.94 bits per heavy atom. The standard InChI is InChI=1S/C9H20N2O4S/c1-15-7-6-10-16(13,14)11-8-2-4-9(12)5-3-8/h8-12H,2-7H2,1H3. The highest BCUT2D eigenvalue weighted by molar-refractivity contribution is 7.87. The maximum atomic E-state index is 11.5. The lowest BCUT2D eigenvalue weighted by Crippen LogP contribution is -2.45. The first-order valence-electron chi connectivity index (χ1n) is 5.47. The summed E-state index contributed by atoms with van der Waals surface area (Å²) in [5, 5.41) is 9.29. The highest BCUT2D eigenvalue weighted by Gasteiger charge is 2.23. The summed E-state index contributed by atoms with van der Waals surface area (Å²) in [6.45, 7) is 0.617. The number of aliphatic hydroxyl groups excluding tert-OH is 1. The number of hydrogen-bond donors (Lipinski definition) is 3. The molecule has 0 aromatic rings. The van der Waals surface area contributed by atoms with E-state index in [0.29, 0.717) is 32.3 Å². The van der Waals surface area contributed by atoms with E-state index in [1.807, 2.05) is 0 Å². The number of nitrogens with one attached hydrogen (secondary N) is 2. The summed E-state index contributed by atoms with van der Waals surface area (Å²) in [6, 6.07) is -0.0663. The Morgan fingerprint density at radius 1 is 1.31 bits per heavy atom. The molecule has 0 bridgehead atoms. The first kappa shape index (κ1) is 13.9. The number of methoxy groups -OCH3 is 1. The zero-order chi connectivity index (χ0) is 12.0. The molecule has 0 amide bonds. The van der Waals surface area contributed by atoms with Gasteiger partial charge < -0.3 is 9.84 Å². The minimum absolute atomic E-state index is 0.0663. The van der Waals surface area contributed by atoms with Gasteiger partial charge in [0.05, 0.1) is 12.7 Å². The van der Waals surface area contributed by atoms with Crippen molar-refractivity contribution in [3.05, 3.63) is 0 Å². The Kier molecular flexibility index (Phi) is 5.63. The van der Waals surface area contributed by atoms with E-state index >= 15 is 0 Å². The van der Waals surface area contributed by atoms with Crippen LogP contribution in [0.25, 0.3) is 0 Å². The topological polar surface area (TPSA) is 87.7 Å². The molecule has 0 saturated heterocycles. The van der Waals surface area contributed by atoms with Crippen LogP contribution in [0.1, 0.15) is 25.7 Å². The molecule has 6 nitrogen and oxygen atoms in total. The summed E-state index contributed by atoms with van der Waals surface area (Å²) in [5.41, 5.74) is 0. The second-order valence-corrected chi connectivity index (χ2v) is 5.55. The van der Waals surface area contributed by atoms with Gasteiger partial charge in [-0.2, -0.15) is 17.9 Å². The molecule has 0 atom stereocenters. The molecule has 1 saturated carbocycles. The lowest BCUT2D eigenvalue weighted by Gasteiger charge is -2.25. The van der Waals surface area contributed by atoms with E-state index in [4.69, 9.17) is 4.74 Å². The highest BCUT2D eigenvalue weighted by Crippen LogP contribution is 2.18. The van der Waals surface area contributed by atoms with E-state index in [-0.39, 0.29) is 18.7 Å². The van der Waals surface area contributed by atoms with Gasteiger partial charge in [0.25, 0.3) is 10.2 Å². The summed E-state index contributed by atoms with van der Waals surface area (Å²) >= 11 is 0. The fourth-order valence-electron chi connectivity index (χ4n) is 1.73. The van der Waals surface area contributed by atoms with Gasteiger partial charge in [-0.25, -0.2) is 0 Å². The van der Waals surface area contributed by atoms with Crippen molar-refractivity contribution < 1.29 is 18.3 Å². The molecule has 0 unspecified atom stereocenters. The summed E-state index contributed by atoms with van der Waals surface area (Å²) < 4.78 is 32.7. The molecular formula is C9H20N2O4S. The van der Waals surface area contributed by atoms with Crippen molar-refractivity contribution in [1.82, 2.24) is 9.44 Å². The second kappa shape index (κ2) is 6.51. The highest BCUT2D eigenvalue weighted by atomic mass is 32.2. The summed E-state index contributed by atoms with van der Waals surface area (Å²) in [7, 11) is -1.91. The van der Waals surface area contributed by atoms with Crippen LogP contribution >= 0.6 is 0 Å². The maximum absolute atomic E-state index is 11.5. The minimum atomic E-state index is -3.43. The lowest BCUT2D eigenvalue weighted by molar-refractivity contribution is 0.120. The average Bonchev–Trinajstić information content (AvgIpc) is 2.21. The lowest BCUT2D eigenvalue weighted by atomic mass is 9.94. The predicted octanol–water partition coefficient (Wildman–Crippen LogP) is -0.640. The number of aliphatic hydroxyl groups is 1. The van der Waals surface area contributed by atoms with Crippen LogP contribution in [0.5, 0.6) is 0 Å². The van der Waals surface area contributed by atoms with Crippen molar-refractivity contribution >= 4 is 10.2 Å². The zero-order valence-corrected chi connectivity index (χ0v) is 10.3. The Morgan fingerprint density at radius 3 is 2.50 bits per heavy atom. The predicted molar refractivity (Wildman–Crippen MR) is 60.2 cm³/mol. The molecule has 1 fully saturated rings. The molecule has 0 radical (unpaired) electrons. The molecule has 1 aliphatic carbocycles. The van der Waals surface area contributed by atoms with Crippen LogP contribution < -0.4 is 9.44 Å². The van der Waals surface area contributed by atoms with Crippen molar-refractivity contribution in [2.45, 2.75) is 37.8 Å². The molecule has 0 aromatic carbocycles. The number of rotatable bonds is 6. The van der Waals surface area contributed by atoms with Gasteiger partial charge in [0.2, 0.25) is 0 Å². The molecule has 1 aliphatic rings. The molecule has 96 valence electrons. The monoisotopic (exact) mass is 252 g/mol. The van der Waals surface area contributed by atoms with Gasteiger partial charge >= 0.3 is 0 Å². The summed E-state index contributed by atoms with van der Waals surface area (Å²) in [4.78, 5) is 0. The zero-order valence-electron chi connectivity index (χ0n) is 9.48. The second-order valence-electron chi connectivity index (χ2n) is 4.01. The minimum Gasteiger partial charge on any atom is -0.393 e. The third-order valence-electron chi connectivity index (χ3n) is 2.62. The van der Waals surface area contributed by atoms with Crippen molar-refractivity contribution in [3.8, 4) is 0 Å². The molecule has 7 heteroatoms. The molecule has 0 aliphatic heterocycles. The Hall–Kier alpha value is -0.210. The third kappa shape index (κ3) is 5.22. The SMILES string of the molecule is COCCNS(=O)(=O)NC1CCC(O)CC1. The fraction of sp³-hybridized carbons (Fsp3) is 1.00. The maximum Gasteiger partial charge on any atom is 0.277 e. The van der Waals surface area contributed by atoms with Gasteiger partial charge in [-0.15, -0.1) is 0 Å². The quantitative estimate of drug-likeness (QED) is 0.549. The van der Waals surface area contributed by atoms with E-state index < -0.39 is 10.2 Å². The van der Waals surface area contributed by atoms with Gasteiger partial charge in [0, 0.05) is 19.7 Å². The number of ether oxygens (including phenoxy) is 1. The van der Waals surface area contributed by atoms with Crippen molar-refractivity contribution in [2.75, 3.05) is 20.3 Å². The van der Waals surface area contributed by atoms with Gasteiger partial charge in [-0.05, 0) is 25.7 Å². The van der Waals surface area contributed by atoms with Crippen molar-refractivity contribution in [2.24, 2.45) is 0 Å². The van der Waals surface area contributed by atoms with Crippen LogP contribution in [0, 0.1) is 0 Å². The molecule has 1 rings (SSSR count). The first-order chi connectivity index (χ1) is 7.53. The number of hydrogen-bond acceptors (Lipinski definition) is 4. The molecule has 16 heavy (non-hydrogen) atoms. The van der Waals surface area contributed by atoms with Gasteiger partial charge in [-0.1, -0.05) is 0 Å². The molecule has 3 N–H and O–H groups in total. The molecule has 0 heterocycles. The van der Waals surface area contributed by atoms with Gasteiger partial charge in [0.15, 0.2) is 0 Å². The van der Waals surface area contributed by atoms with Crippen LogP contribution in [0.15, 0.2) is 0 Å². The third-order valence-corrected chi connectivity index (χ3v) is 3.84. The molecule has 0 aromatic heterocycles. The van der Waals surface area contributed by atoms with Gasteiger partial charge in [0.1, 0.15) is 0 Å². The van der Waals surface area contributed by atoms with E-state index in [2.05, 4.69) is 9.44 Å². The van der Waals surface area contributed by atoms with Crippen molar-refractivity contribution in [1.29, 1.82) is 0 Å². The van der Waals surface area contributed by atoms with E-state index in [9.17, 15) is 13.5 Å². The average molecular weight is 252 g/mol. The van der Waals surface area contributed by atoms with E-state index in [0.717, 1.165) is 0 Å². The fourth-order valence-corrected chi connectivity index (χ4v) is 2.84. The largest absolute Gasteiger partial charge is 0.393 e. The van der Waals surface area contributed by atoms with Crippen LogP contribution in [0.2, 0.25) is 0 Å². The van der Waals surface area contributed by atoms with Crippen LogP contribution in [0.4, 0.5) is 0 Å². The van der Waals surface area contributed by atoms with Crippen LogP contribution in [-0.2, 0) is 14.9 Å².